The van der Waals surface area contributed by atoms with Crippen LogP contribution in [-0.4, -0.2) is 66.5 Å². The molecular formula is C16H28N2O5S. The van der Waals surface area contributed by atoms with Gasteiger partial charge in [-0.25, -0.2) is 12.7 Å². The molecule has 0 aromatic heterocycles. The number of likely N-dealkylation sites (tertiary alicyclic amines) is 1. The maximum Gasteiger partial charge on any atom is 0.306 e. The quantitative estimate of drug-likeness (QED) is 0.767. The van der Waals surface area contributed by atoms with Crippen LogP contribution in [-0.2, 0) is 19.6 Å². The van der Waals surface area contributed by atoms with Crippen LogP contribution in [0.5, 0.6) is 0 Å². The van der Waals surface area contributed by atoms with Gasteiger partial charge in [0.15, 0.2) is 0 Å². The van der Waals surface area contributed by atoms with E-state index in [1.807, 2.05) is 6.92 Å². The number of carboxylic acid groups (broad SMARTS) is 1. The van der Waals surface area contributed by atoms with Gasteiger partial charge in [0.25, 0.3) is 0 Å². The molecule has 0 aromatic rings. The molecule has 0 radical (unpaired) electrons. The Morgan fingerprint density at radius 1 is 1.00 bits per heavy atom. The van der Waals surface area contributed by atoms with Gasteiger partial charge in [-0.3, -0.25) is 9.59 Å². The zero-order chi connectivity index (χ0) is 17.7. The standard InChI is InChI=1S/C16H28N2O5S/c1-2-3-12-24(22,23)18-10-6-13(7-11-18)15(19)17-8-4-14(5-9-17)16(20)21/h13-14H,2-12H2,1H3,(H,20,21). The summed E-state index contributed by atoms with van der Waals surface area (Å²) >= 11 is 0. The summed E-state index contributed by atoms with van der Waals surface area (Å²) in [6, 6.07) is 0. The smallest absolute Gasteiger partial charge is 0.306 e. The Labute approximate surface area is 144 Å². The number of unbranched alkanes of at least 4 members (excludes halogenated alkanes) is 1. The molecule has 138 valence electrons. The summed E-state index contributed by atoms with van der Waals surface area (Å²) in [4.78, 5) is 25.3. The number of sulfonamides is 1. The molecule has 1 amide bonds. The monoisotopic (exact) mass is 360 g/mol. The highest BCUT2D eigenvalue weighted by Gasteiger charge is 2.34. The Kier molecular flexibility index (Phi) is 6.62. The fraction of sp³-hybridized carbons (Fsp3) is 0.875. The van der Waals surface area contributed by atoms with Gasteiger partial charge in [0.05, 0.1) is 11.7 Å². The third-order valence-electron chi connectivity index (χ3n) is 5.11. The minimum atomic E-state index is -3.19. The number of carbonyl (C=O) groups is 2. The van der Waals surface area contributed by atoms with Crippen LogP contribution in [0.25, 0.3) is 0 Å². The largest absolute Gasteiger partial charge is 0.481 e. The molecule has 1 N–H and O–H groups in total. The summed E-state index contributed by atoms with van der Waals surface area (Å²) in [6.45, 7) is 3.77. The minimum Gasteiger partial charge on any atom is -0.481 e. The van der Waals surface area contributed by atoms with E-state index in [1.165, 1.54) is 4.31 Å². The molecule has 2 rings (SSSR count). The van der Waals surface area contributed by atoms with Crippen LogP contribution in [0, 0.1) is 11.8 Å². The van der Waals surface area contributed by atoms with E-state index >= 15 is 0 Å². The molecular weight excluding hydrogens is 332 g/mol. The van der Waals surface area contributed by atoms with E-state index in [9.17, 15) is 18.0 Å². The summed E-state index contributed by atoms with van der Waals surface area (Å²) in [6.07, 6.45) is 3.64. The van der Waals surface area contributed by atoms with Gasteiger partial charge in [-0.1, -0.05) is 13.3 Å². The van der Waals surface area contributed by atoms with Gasteiger partial charge in [-0.05, 0) is 32.1 Å². The number of piperidine rings is 2. The molecule has 2 heterocycles. The Hall–Kier alpha value is -1.15. The zero-order valence-corrected chi connectivity index (χ0v) is 15.1. The van der Waals surface area contributed by atoms with Gasteiger partial charge in [0.2, 0.25) is 15.9 Å². The topological polar surface area (TPSA) is 95.0 Å². The van der Waals surface area contributed by atoms with Crippen LogP contribution < -0.4 is 0 Å². The van der Waals surface area contributed by atoms with E-state index in [-0.39, 0.29) is 23.5 Å². The summed E-state index contributed by atoms with van der Waals surface area (Å²) < 4.78 is 25.9. The number of carbonyl (C=O) groups excluding carboxylic acids is 1. The molecule has 0 spiro atoms. The number of hydrogen-bond donors (Lipinski definition) is 1. The lowest BCUT2D eigenvalue weighted by molar-refractivity contribution is -0.147. The van der Waals surface area contributed by atoms with Crippen LogP contribution in [0.3, 0.4) is 0 Å². The first-order valence-electron chi connectivity index (χ1n) is 8.84. The number of hydrogen-bond acceptors (Lipinski definition) is 4. The van der Waals surface area contributed by atoms with Crippen molar-refractivity contribution in [3.8, 4) is 0 Å². The highest BCUT2D eigenvalue weighted by molar-refractivity contribution is 7.89. The van der Waals surface area contributed by atoms with Gasteiger partial charge in [-0.2, -0.15) is 0 Å². The minimum absolute atomic E-state index is 0.0597. The summed E-state index contributed by atoms with van der Waals surface area (Å²) in [7, 11) is -3.19. The predicted molar refractivity (Wildman–Crippen MR) is 89.9 cm³/mol. The second-order valence-corrected chi connectivity index (χ2v) is 8.87. The summed E-state index contributed by atoms with van der Waals surface area (Å²) in [5.74, 6) is -1.02. The van der Waals surface area contributed by atoms with E-state index in [4.69, 9.17) is 5.11 Å². The van der Waals surface area contributed by atoms with E-state index < -0.39 is 16.0 Å². The van der Waals surface area contributed by atoms with Gasteiger partial charge in [0.1, 0.15) is 0 Å². The van der Waals surface area contributed by atoms with Crippen molar-refractivity contribution >= 4 is 21.9 Å². The number of nitrogens with zero attached hydrogens (tertiary/aromatic N) is 2. The fourth-order valence-corrected chi connectivity index (χ4v) is 5.12. The fourth-order valence-electron chi connectivity index (χ4n) is 3.44. The van der Waals surface area contributed by atoms with Gasteiger partial charge < -0.3 is 10.0 Å². The van der Waals surface area contributed by atoms with Crippen molar-refractivity contribution in [2.75, 3.05) is 31.9 Å². The molecule has 0 bridgehead atoms. The average Bonchev–Trinajstić information content (AvgIpc) is 2.59. The van der Waals surface area contributed by atoms with Crippen LogP contribution in [0.4, 0.5) is 0 Å². The summed E-state index contributed by atoms with van der Waals surface area (Å²) in [5.41, 5.74) is 0. The molecule has 0 atom stereocenters. The van der Waals surface area contributed by atoms with Gasteiger partial charge >= 0.3 is 5.97 Å². The van der Waals surface area contributed by atoms with E-state index in [1.54, 1.807) is 4.90 Å². The second kappa shape index (κ2) is 8.29. The molecule has 24 heavy (non-hydrogen) atoms. The molecule has 2 aliphatic rings. The predicted octanol–water partition coefficient (Wildman–Crippen LogP) is 1.15. The van der Waals surface area contributed by atoms with Crippen LogP contribution in [0.2, 0.25) is 0 Å². The molecule has 2 fully saturated rings. The first-order valence-corrected chi connectivity index (χ1v) is 10.5. The molecule has 0 aromatic carbocycles. The molecule has 2 aliphatic heterocycles. The number of aliphatic carboxylic acids is 1. The van der Waals surface area contributed by atoms with E-state index in [0.717, 1.165) is 6.42 Å². The normalized spacial score (nSPS) is 21.8. The van der Waals surface area contributed by atoms with Crippen molar-refractivity contribution in [2.45, 2.75) is 45.4 Å². The van der Waals surface area contributed by atoms with Crippen molar-refractivity contribution in [1.82, 2.24) is 9.21 Å². The van der Waals surface area contributed by atoms with Crippen molar-refractivity contribution in [2.24, 2.45) is 11.8 Å². The molecule has 7 nitrogen and oxygen atoms in total. The Morgan fingerprint density at radius 3 is 2.04 bits per heavy atom. The lowest BCUT2D eigenvalue weighted by atomic mass is 9.93. The highest BCUT2D eigenvalue weighted by Crippen LogP contribution is 2.25. The van der Waals surface area contributed by atoms with E-state index in [2.05, 4.69) is 0 Å². The summed E-state index contributed by atoms with van der Waals surface area (Å²) in [5, 5.41) is 9.01. The molecule has 0 aliphatic carbocycles. The third-order valence-corrected chi connectivity index (χ3v) is 7.06. The molecule has 2 saturated heterocycles. The maximum absolute atomic E-state index is 12.6. The molecule has 8 heteroatoms. The lowest BCUT2D eigenvalue weighted by Crippen LogP contribution is -2.47. The van der Waals surface area contributed by atoms with Crippen LogP contribution in [0.1, 0.15) is 45.4 Å². The first-order chi connectivity index (χ1) is 11.3. The molecule has 0 saturated carbocycles. The zero-order valence-electron chi connectivity index (χ0n) is 14.3. The van der Waals surface area contributed by atoms with Crippen molar-refractivity contribution in [3.63, 3.8) is 0 Å². The Bertz CT molecular complexity index is 547. The second-order valence-electron chi connectivity index (χ2n) is 6.78. The SMILES string of the molecule is CCCCS(=O)(=O)N1CCC(C(=O)N2CCC(C(=O)O)CC2)CC1. The van der Waals surface area contributed by atoms with Crippen LogP contribution >= 0.6 is 0 Å². The molecule has 0 unspecified atom stereocenters. The maximum atomic E-state index is 12.6. The van der Waals surface area contributed by atoms with Gasteiger partial charge in [-0.15, -0.1) is 0 Å². The van der Waals surface area contributed by atoms with Crippen LogP contribution in [0.15, 0.2) is 0 Å². The third kappa shape index (κ3) is 4.69. The average molecular weight is 360 g/mol. The van der Waals surface area contributed by atoms with Crippen molar-refractivity contribution in [3.05, 3.63) is 0 Å². The van der Waals surface area contributed by atoms with Crippen molar-refractivity contribution < 1.29 is 23.1 Å². The number of amides is 1. The highest BCUT2D eigenvalue weighted by atomic mass is 32.2. The number of rotatable bonds is 6. The Morgan fingerprint density at radius 2 is 1.54 bits per heavy atom. The van der Waals surface area contributed by atoms with E-state index in [0.29, 0.717) is 58.3 Å². The Balaban J connectivity index is 1.82. The van der Waals surface area contributed by atoms with Gasteiger partial charge in [0, 0.05) is 32.1 Å². The first kappa shape index (κ1) is 19.2. The lowest BCUT2D eigenvalue weighted by Gasteiger charge is -2.36. The van der Waals surface area contributed by atoms with Crippen molar-refractivity contribution in [1.29, 1.82) is 0 Å². The number of carboxylic acids is 1.